The molecule has 2 heterocycles. The van der Waals surface area contributed by atoms with Crippen molar-refractivity contribution < 1.29 is 0 Å². The first-order valence-electron chi connectivity index (χ1n) is 8.06. The first-order valence-corrected chi connectivity index (χ1v) is 8.06. The van der Waals surface area contributed by atoms with Crippen molar-refractivity contribution in [3.8, 4) is 22.5 Å². The minimum absolute atomic E-state index is 0.536. The van der Waals surface area contributed by atoms with Gasteiger partial charge >= 0.3 is 0 Å². The van der Waals surface area contributed by atoms with Crippen LogP contribution in [-0.2, 0) is 6.54 Å². The molecular weight excluding hydrogens is 268 g/mol. The molecule has 1 aliphatic heterocycles. The van der Waals surface area contributed by atoms with Gasteiger partial charge < -0.3 is 4.57 Å². The Morgan fingerprint density at radius 1 is 0.909 bits per heavy atom. The summed E-state index contributed by atoms with van der Waals surface area (Å²) in [7, 11) is 0. The second-order valence-electron chi connectivity index (χ2n) is 6.09. The number of fused-ring (bicyclic) bond motifs is 1. The van der Waals surface area contributed by atoms with Gasteiger partial charge in [-0.1, -0.05) is 67.6 Å². The Bertz CT molecular complexity index is 772. The van der Waals surface area contributed by atoms with Gasteiger partial charge in [-0.05, 0) is 12.8 Å². The molecule has 110 valence electrons. The summed E-state index contributed by atoms with van der Waals surface area (Å²) in [5.41, 5.74) is 4.86. The SMILES string of the molecule is C[C@H]1CCCn2c1nc(-c1ccccc1)c2-c1ccccc1. The molecule has 2 aromatic carbocycles. The molecule has 1 atom stereocenters. The summed E-state index contributed by atoms with van der Waals surface area (Å²) >= 11 is 0. The molecule has 2 nitrogen and oxygen atoms in total. The zero-order valence-corrected chi connectivity index (χ0v) is 12.9. The van der Waals surface area contributed by atoms with Crippen LogP contribution in [-0.4, -0.2) is 9.55 Å². The van der Waals surface area contributed by atoms with Crippen LogP contribution in [0.5, 0.6) is 0 Å². The van der Waals surface area contributed by atoms with Crippen molar-refractivity contribution in [3.05, 3.63) is 66.5 Å². The highest BCUT2D eigenvalue weighted by Gasteiger charge is 2.25. The number of hydrogen-bond donors (Lipinski definition) is 0. The highest BCUT2D eigenvalue weighted by Crippen LogP contribution is 2.38. The lowest BCUT2D eigenvalue weighted by molar-refractivity contribution is 0.466. The smallest absolute Gasteiger partial charge is 0.112 e. The van der Waals surface area contributed by atoms with Crippen LogP contribution in [0.15, 0.2) is 60.7 Å². The van der Waals surface area contributed by atoms with E-state index in [0.29, 0.717) is 5.92 Å². The van der Waals surface area contributed by atoms with Gasteiger partial charge in [-0.15, -0.1) is 0 Å². The largest absolute Gasteiger partial charge is 0.327 e. The number of imidazole rings is 1. The minimum Gasteiger partial charge on any atom is -0.327 e. The average Bonchev–Trinajstić information content (AvgIpc) is 2.97. The fourth-order valence-corrected chi connectivity index (χ4v) is 3.44. The fraction of sp³-hybridized carbons (Fsp3) is 0.250. The molecule has 22 heavy (non-hydrogen) atoms. The molecule has 0 N–H and O–H groups in total. The summed E-state index contributed by atoms with van der Waals surface area (Å²) in [6, 6.07) is 21.2. The van der Waals surface area contributed by atoms with Crippen LogP contribution in [0.2, 0.25) is 0 Å². The van der Waals surface area contributed by atoms with Crippen molar-refractivity contribution in [2.24, 2.45) is 0 Å². The molecule has 0 amide bonds. The van der Waals surface area contributed by atoms with E-state index in [1.165, 1.54) is 35.5 Å². The number of rotatable bonds is 2. The summed E-state index contributed by atoms with van der Waals surface area (Å²) in [5.74, 6) is 1.78. The van der Waals surface area contributed by atoms with Crippen molar-refractivity contribution in [1.82, 2.24) is 9.55 Å². The van der Waals surface area contributed by atoms with Crippen molar-refractivity contribution in [2.75, 3.05) is 0 Å². The summed E-state index contributed by atoms with van der Waals surface area (Å²) in [6.45, 7) is 3.37. The molecule has 4 rings (SSSR count). The first kappa shape index (κ1) is 13.3. The first-order chi connectivity index (χ1) is 10.8. The molecule has 0 aliphatic carbocycles. The van der Waals surface area contributed by atoms with E-state index in [4.69, 9.17) is 4.98 Å². The minimum atomic E-state index is 0.536. The molecule has 0 radical (unpaired) electrons. The number of aromatic nitrogens is 2. The molecule has 1 aromatic heterocycles. The Hall–Kier alpha value is -2.35. The lowest BCUT2D eigenvalue weighted by Gasteiger charge is -2.21. The molecule has 0 bridgehead atoms. The topological polar surface area (TPSA) is 17.8 Å². The number of hydrogen-bond acceptors (Lipinski definition) is 1. The van der Waals surface area contributed by atoms with Gasteiger partial charge in [-0.2, -0.15) is 0 Å². The number of benzene rings is 2. The Labute approximate surface area is 131 Å². The lowest BCUT2D eigenvalue weighted by atomic mass is 10.0. The predicted octanol–water partition coefficient (Wildman–Crippen LogP) is 5.11. The zero-order valence-electron chi connectivity index (χ0n) is 12.9. The highest BCUT2D eigenvalue weighted by molar-refractivity contribution is 5.79. The van der Waals surface area contributed by atoms with Gasteiger partial charge in [0.25, 0.3) is 0 Å². The fourth-order valence-electron chi connectivity index (χ4n) is 3.44. The normalized spacial score (nSPS) is 17.2. The van der Waals surface area contributed by atoms with E-state index in [9.17, 15) is 0 Å². The van der Waals surface area contributed by atoms with Gasteiger partial charge in [0, 0.05) is 23.6 Å². The molecule has 0 unspecified atom stereocenters. The van der Waals surface area contributed by atoms with E-state index in [-0.39, 0.29) is 0 Å². The van der Waals surface area contributed by atoms with E-state index in [1.54, 1.807) is 0 Å². The third-order valence-corrected chi connectivity index (χ3v) is 4.55. The van der Waals surface area contributed by atoms with Crippen LogP contribution in [0.3, 0.4) is 0 Å². The van der Waals surface area contributed by atoms with Gasteiger partial charge in [-0.3, -0.25) is 0 Å². The summed E-state index contributed by atoms with van der Waals surface area (Å²) in [6.07, 6.45) is 2.47. The molecular formula is C20H20N2. The van der Waals surface area contributed by atoms with Gasteiger partial charge in [0.2, 0.25) is 0 Å². The second-order valence-corrected chi connectivity index (χ2v) is 6.09. The standard InChI is InChI=1S/C20H20N2/c1-15-9-8-14-22-19(17-12-6-3-7-13-17)18(21-20(15)22)16-10-4-2-5-11-16/h2-7,10-13,15H,8-9,14H2,1H3/t15-/m0/s1. The van der Waals surface area contributed by atoms with Crippen LogP contribution in [0, 0.1) is 0 Å². The van der Waals surface area contributed by atoms with E-state index in [0.717, 1.165) is 12.2 Å². The molecule has 1 aliphatic rings. The molecule has 0 spiro atoms. The van der Waals surface area contributed by atoms with Gasteiger partial charge in [-0.25, -0.2) is 4.98 Å². The van der Waals surface area contributed by atoms with Crippen LogP contribution in [0.4, 0.5) is 0 Å². The van der Waals surface area contributed by atoms with Gasteiger partial charge in [0.15, 0.2) is 0 Å². The lowest BCUT2D eigenvalue weighted by Crippen LogP contribution is -2.14. The summed E-state index contributed by atoms with van der Waals surface area (Å²) in [5, 5.41) is 0. The average molecular weight is 288 g/mol. The third-order valence-electron chi connectivity index (χ3n) is 4.55. The van der Waals surface area contributed by atoms with Crippen LogP contribution >= 0.6 is 0 Å². The van der Waals surface area contributed by atoms with E-state index in [2.05, 4.69) is 72.2 Å². The molecule has 0 fully saturated rings. The van der Waals surface area contributed by atoms with E-state index in [1.807, 2.05) is 0 Å². The van der Waals surface area contributed by atoms with Gasteiger partial charge in [0.05, 0.1) is 11.4 Å². The van der Waals surface area contributed by atoms with Crippen LogP contribution in [0.25, 0.3) is 22.5 Å². The van der Waals surface area contributed by atoms with Crippen molar-refractivity contribution in [2.45, 2.75) is 32.2 Å². The predicted molar refractivity (Wildman–Crippen MR) is 90.7 cm³/mol. The maximum Gasteiger partial charge on any atom is 0.112 e. The quantitative estimate of drug-likeness (QED) is 0.640. The van der Waals surface area contributed by atoms with E-state index >= 15 is 0 Å². The monoisotopic (exact) mass is 288 g/mol. The van der Waals surface area contributed by atoms with Crippen molar-refractivity contribution in [3.63, 3.8) is 0 Å². The molecule has 3 aromatic rings. The Morgan fingerprint density at radius 2 is 1.55 bits per heavy atom. The van der Waals surface area contributed by atoms with E-state index < -0.39 is 0 Å². The summed E-state index contributed by atoms with van der Waals surface area (Å²) in [4.78, 5) is 5.04. The highest BCUT2D eigenvalue weighted by atomic mass is 15.1. The summed E-state index contributed by atoms with van der Waals surface area (Å²) < 4.78 is 2.44. The van der Waals surface area contributed by atoms with Crippen LogP contribution < -0.4 is 0 Å². The van der Waals surface area contributed by atoms with Crippen LogP contribution in [0.1, 0.15) is 31.5 Å². The second kappa shape index (κ2) is 5.45. The maximum absolute atomic E-state index is 5.04. The Kier molecular flexibility index (Phi) is 3.30. The third kappa shape index (κ3) is 2.16. The number of nitrogens with zero attached hydrogens (tertiary/aromatic N) is 2. The Balaban J connectivity index is 1.98. The maximum atomic E-state index is 5.04. The molecule has 0 saturated carbocycles. The van der Waals surface area contributed by atoms with Crippen molar-refractivity contribution >= 4 is 0 Å². The van der Waals surface area contributed by atoms with Crippen molar-refractivity contribution in [1.29, 1.82) is 0 Å². The van der Waals surface area contributed by atoms with Gasteiger partial charge in [0.1, 0.15) is 5.82 Å². The zero-order chi connectivity index (χ0) is 14.9. The molecule has 2 heteroatoms. The Morgan fingerprint density at radius 3 is 2.23 bits per heavy atom. The molecule has 0 saturated heterocycles.